The number of benzene rings is 1. The van der Waals surface area contributed by atoms with Crippen LogP contribution in [0.5, 0.6) is 0 Å². The van der Waals surface area contributed by atoms with E-state index >= 15 is 0 Å². The van der Waals surface area contributed by atoms with E-state index in [0.717, 1.165) is 18.7 Å². The summed E-state index contributed by atoms with van der Waals surface area (Å²) in [5.41, 5.74) is 5.81. The van der Waals surface area contributed by atoms with Crippen LogP contribution in [0.4, 0.5) is 13.2 Å². The molecule has 6 heteroatoms. The minimum absolute atomic E-state index is 0.0609. The molecule has 1 saturated heterocycles. The first-order chi connectivity index (χ1) is 8.50. The van der Waals surface area contributed by atoms with Gasteiger partial charge >= 0.3 is 0 Å². The van der Waals surface area contributed by atoms with Gasteiger partial charge in [-0.3, -0.25) is 0 Å². The van der Waals surface area contributed by atoms with Crippen molar-refractivity contribution in [1.29, 1.82) is 0 Å². The largest absolute Gasteiger partial charge is 0.374 e. The molecule has 0 aromatic heterocycles. The number of hydrogen-bond acceptors (Lipinski definition) is 3. The lowest BCUT2D eigenvalue weighted by atomic mass is 10.00. The number of rotatable bonds is 2. The van der Waals surface area contributed by atoms with Crippen molar-refractivity contribution in [3.63, 3.8) is 0 Å². The highest BCUT2D eigenvalue weighted by Crippen LogP contribution is 2.24. The molecule has 0 amide bonds. The predicted octanol–water partition coefficient (Wildman–Crippen LogP) is 1.43. The summed E-state index contributed by atoms with van der Waals surface area (Å²) in [7, 11) is 1.89. The van der Waals surface area contributed by atoms with Crippen LogP contribution in [0.3, 0.4) is 0 Å². The zero-order chi connectivity index (χ0) is 13.3. The number of ether oxygens (including phenoxy) is 1. The van der Waals surface area contributed by atoms with Gasteiger partial charge < -0.3 is 15.4 Å². The molecule has 18 heavy (non-hydrogen) atoms. The second-order valence-corrected chi connectivity index (χ2v) is 4.46. The van der Waals surface area contributed by atoms with Gasteiger partial charge in [0.1, 0.15) is 0 Å². The van der Waals surface area contributed by atoms with Crippen LogP contribution in [0.1, 0.15) is 11.6 Å². The highest BCUT2D eigenvalue weighted by molar-refractivity contribution is 5.24. The molecule has 2 rings (SSSR count). The van der Waals surface area contributed by atoms with Crippen LogP contribution in [0, 0.1) is 17.5 Å². The average Bonchev–Trinajstić information content (AvgIpc) is 2.35. The lowest BCUT2D eigenvalue weighted by Crippen LogP contribution is -2.45. The number of morpholine rings is 1. The molecule has 0 aliphatic carbocycles. The molecule has 1 fully saturated rings. The maximum Gasteiger partial charge on any atom is 0.194 e. The molecular formula is C12H15F3N2O. The monoisotopic (exact) mass is 260 g/mol. The van der Waals surface area contributed by atoms with Crippen LogP contribution >= 0.6 is 0 Å². The topological polar surface area (TPSA) is 38.5 Å². The molecule has 1 aliphatic rings. The number of halogens is 3. The lowest BCUT2D eigenvalue weighted by Gasteiger charge is -2.33. The number of nitrogens with two attached hydrogens (primary N) is 1. The SMILES string of the molecule is CN1CCOC(C(N)c2ccc(F)c(F)c2F)C1. The summed E-state index contributed by atoms with van der Waals surface area (Å²) < 4.78 is 45.0. The highest BCUT2D eigenvalue weighted by Gasteiger charge is 2.28. The summed E-state index contributed by atoms with van der Waals surface area (Å²) in [6.45, 7) is 1.78. The standard InChI is InChI=1S/C12H15F3N2O/c1-17-4-5-18-9(6-17)12(16)7-2-3-8(13)11(15)10(7)14/h2-3,9,12H,4-6,16H2,1H3. The van der Waals surface area contributed by atoms with Crippen molar-refractivity contribution < 1.29 is 17.9 Å². The number of hydrogen-bond donors (Lipinski definition) is 1. The van der Waals surface area contributed by atoms with Gasteiger partial charge in [0, 0.05) is 18.7 Å². The van der Waals surface area contributed by atoms with Crippen molar-refractivity contribution in [2.75, 3.05) is 26.7 Å². The number of nitrogens with zero attached hydrogens (tertiary/aromatic N) is 1. The Hall–Kier alpha value is -1.11. The fourth-order valence-corrected chi connectivity index (χ4v) is 2.03. The Balaban J connectivity index is 2.23. The molecule has 1 aromatic rings. The van der Waals surface area contributed by atoms with E-state index in [1.807, 2.05) is 11.9 Å². The molecule has 1 heterocycles. The molecule has 0 spiro atoms. The Bertz CT molecular complexity index is 442. The summed E-state index contributed by atoms with van der Waals surface area (Å²) in [5.74, 6) is -3.95. The first kappa shape index (κ1) is 13.3. The third kappa shape index (κ3) is 2.50. The van der Waals surface area contributed by atoms with Gasteiger partial charge in [0.15, 0.2) is 17.5 Å². The van der Waals surface area contributed by atoms with Gasteiger partial charge in [-0.1, -0.05) is 6.07 Å². The molecule has 2 unspecified atom stereocenters. The minimum Gasteiger partial charge on any atom is -0.374 e. The van der Waals surface area contributed by atoms with E-state index in [9.17, 15) is 13.2 Å². The maximum absolute atomic E-state index is 13.6. The first-order valence-electron chi connectivity index (χ1n) is 5.70. The summed E-state index contributed by atoms with van der Waals surface area (Å²) in [6, 6.07) is 1.22. The van der Waals surface area contributed by atoms with Gasteiger partial charge in [-0.2, -0.15) is 0 Å². The van der Waals surface area contributed by atoms with E-state index < -0.39 is 29.6 Å². The molecule has 2 N–H and O–H groups in total. The molecule has 0 saturated carbocycles. The smallest absolute Gasteiger partial charge is 0.194 e. The van der Waals surface area contributed by atoms with E-state index in [-0.39, 0.29) is 5.56 Å². The van der Waals surface area contributed by atoms with Crippen molar-refractivity contribution in [1.82, 2.24) is 4.90 Å². The van der Waals surface area contributed by atoms with E-state index in [1.54, 1.807) is 0 Å². The van der Waals surface area contributed by atoms with Gasteiger partial charge in [0.05, 0.1) is 18.8 Å². The minimum atomic E-state index is -1.49. The highest BCUT2D eigenvalue weighted by atomic mass is 19.2. The van der Waals surface area contributed by atoms with Gasteiger partial charge in [-0.05, 0) is 13.1 Å². The van der Waals surface area contributed by atoms with Crippen LogP contribution in [0.25, 0.3) is 0 Å². The summed E-state index contributed by atoms with van der Waals surface area (Å²) >= 11 is 0. The fourth-order valence-electron chi connectivity index (χ4n) is 2.03. The summed E-state index contributed by atoms with van der Waals surface area (Å²) in [6.07, 6.45) is -0.428. The van der Waals surface area contributed by atoms with E-state index in [1.165, 1.54) is 0 Å². The molecule has 2 atom stereocenters. The van der Waals surface area contributed by atoms with Crippen LogP contribution in [0.15, 0.2) is 12.1 Å². The third-order valence-corrected chi connectivity index (χ3v) is 3.12. The Kier molecular flexibility index (Phi) is 3.89. The van der Waals surface area contributed by atoms with Gasteiger partial charge in [-0.25, -0.2) is 13.2 Å². The second-order valence-electron chi connectivity index (χ2n) is 4.46. The molecule has 1 aliphatic heterocycles. The van der Waals surface area contributed by atoms with Crippen LogP contribution in [0.2, 0.25) is 0 Å². The Morgan fingerprint density at radius 3 is 2.72 bits per heavy atom. The quantitative estimate of drug-likeness (QED) is 0.818. The van der Waals surface area contributed by atoms with Gasteiger partial charge in [0.25, 0.3) is 0 Å². The lowest BCUT2D eigenvalue weighted by molar-refractivity contribution is -0.0332. The van der Waals surface area contributed by atoms with Crippen LogP contribution in [-0.2, 0) is 4.74 Å². The molecule has 0 bridgehead atoms. The molecular weight excluding hydrogens is 245 g/mol. The third-order valence-electron chi connectivity index (χ3n) is 3.12. The normalized spacial score (nSPS) is 23.1. The predicted molar refractivity (Wildman–Crippen MR) is 60.5 cm³/mol. The zero-order valence-corrected chi connectivity index (χ0v) is 10.00. The van der Waals surface area contributed by atoms with Gasteiger partial charge in [-0.15, -0.1) is 0 Å². The molecule has 3 nitrogen and oxygen atoms in total. The Morgan fingerprint density at radius 1 is 1.33 bits per heavy atom. The average molecular weight is 260 g/mol. The van der Waals surface area contributed by atoms with Crippen molar-refractivity contribution in [3.05, 3.63) is 35.1 Å². The van der Waals surface area contributed by atoms with Crippen molar-refractivity contribution >= 4 is 0 Å². The summed E-state index contributed by atoms with van der Waals surface area (Å²) in [4.78, 5) is 1.99. The summed E-state index contributed by atoms with van der Waals surface area (Å²) in [5, 5.41) is 0. The fraction of sp³-hybridized carbons (Fsp3) is 0.500. The van der Waals surface area contributed by atoms with Crippen molar-refractivity contribution in [2.45, 2.75) is 12.1 Å². The van der Waals surface area contributed by atoms with Gasteiger partial charge in [0.2, 0.25) is 0 Å². The zero-order valence-electron chi connectivity index (χ0n) is 10.00. The Morgan fingerprint density at radius 2 is 2.06 bits per heavy atom. The molecule has 0 radical (unpaired) electrons. The van der Waals surface area contributed by atoms with Crippen LogP contribution < -0.4 is 5.73 Å². The Labute approximate surface area is 103 Å². The maximum atomic E-state index is 13.6. The first-order valence-corrected chi connectivity index (χ1v) is 5.70. The second kappa shape index (κ2) is 5.26. The van der Waals surface area contributed by atoms with E-state index in [4.69, 9.17) is 10.5 Å². The van der Waals surface area contributed by atoms with E-state index in [0.29, 0.717) is 13.2 Å². The van der Waals surface area contributed by atoms with Crippen molar-refractivity contribution in [3.8, 4) is 0 Å². The van der Waals surface area contributed by atoms with Crippen LogP contribution in [-0.4, -0.2) is 37.7 Å². The van der Waals surface area contributed by atoms with Crippen molar-refractivity contribution in [2.24, 2.45) is 5.73 Å². The number of likely N-dealkylation sites (N-methyl/N-ethyl adjacent to an activating group) is 1. The molecule has 1 aromatic carbocycles. The molecule has 100 valence electrons. The van der Waals surface area contributed by atoms with E-state index in [2.05, 4.69) is 0 Å².